The lowest BCUT2D eigenvalue weighted by Gasteiger charge is -2.29. The van der Waals surface area contributed by atoms with E-state index in [0.717, 1.165) is 31.4 Å². The molecule has 2 heterocycles. The van der Waals surface area contributed by atoms with Crippen molar-refractivity contribution >= 4 is 27.5 Å². The number of benzene rings is 2. The Morgan fingerprint density at radius 3 is 2.70 bits per heavy atom. The van der Waals surface area contributed by atoms with E-state index in [1.807, 2.05) is 35.2 Å². The smallest absolute Gasteiger partial charge is 0.338 e. The molecule has 4 rings (SSSR count). The van der Waals surface area contributed by atoms with Gasteiger partial charge in [-0.25, -0.2) is 4.79 Å². The van der Waals surface area contributed by atoms with Crippen molar-refractivity contribution in [2.45, 2.75) is 37.2 Å². The van der Waals surface area contributed by atoms with Crippen LogP contribution in [0.4, 0.5) is 5.69 Å². The molecule has 1 saturated heterocycles. The molecule has 2 aromatic carbocycles. The van der Waals surface area contributed by atoms with Crippen LogP contribution in [0.15, 0.2) is 57.8 Å². The number of ether oxygens (including phenoxy) is 1. The monoisotopic (exact) mass is 384 g/mol. The molecule has 140 valence electrons. The lowest BCUT2D eigenvalue weighted by molar-refractivity contribution is 0.0472. The Balaban J connectivity index is 1.61. The number of sulfonamides is 1. The van der Waals surface area contributed by atoms with Crippen LogP contribution in [0, 0.1) is 0 Å². The second-order valence-electron chi connectivity index (χ2n) is 6.69. The number of amidine groups is 1. The molecule has 0 amide bonds. The van der Waals surface area contributed by atoms with E-state index in [4.69, 9.17) is 4.74 Å². The van der Waals surface area contributed by atoms with Crippen LogP contribution in [0.1, 0.15) is 41.6 Å². The molecule has 0 bridgehead atoms. The van der Waals surface area contributed by atoms with E-state index in [0.29, 0.717) is 17.9 Å². The zero-order valence-corrected chi connectivity index (χ0v) is 15.6. The minimum atomic E-state index is -3.81. The lowest BCUT2D eigenvalue weighted by Crippen LogP contribution is -2.35. The summed E-state index contributed by atoms with van der Waals surface area (Å²) < 4.78 is 34.6. The highest BCUT2D eigenvalue weighted by molar-refractivity contribution is 7.90. The summed E-state index contributed by atoms with van der Waals surface area (Å²) in [6.45, 7) is 0.872. The largest absolute Gasteiger partial charge is 0.457 e. The van der Waals surface area contributed by atoms with Gasteiger partial charge in [0, 0.05) is 13.0 Å². The first-order chi connectivity index (χ1) is 13.0. The van der Waals surface area contributed by atoms with Crippen LogP contribution < -0.4 is 4.90 Å². The van der Waals surface area contributed by atoms with Crippen molar-refractivity contribution in [3.63, 3.8) is 0 Å². The Labute approximate surface area is 158 Å². The van der Waals surface area contributed by atoms with Gasteiger partial charge in [-0.15, -0.1) is 4.40 Å². The quantitative estimate of drug-likeness (QED) is 0.757. The molecule has 2 aromatic rings. The first kappa shape index (κ1) is 17.7. The fourth-order valence-electron chi connectivity index (χ4n) is 3.41. The molecule has 0 aliphatic carbocycles. The van der Waals surface area contributed by atoms with Gasteiger partial charge >= 0.3 is 5.97 Å². The number of fused-ring (bicyclic) bond motifs is 3. The van der Waals surface area contributed by atoms with Gasteiger partial charge < -0.3 is 9.64 Å². The highest BCUT2D eigenvalue weighted by Crippen LogP contribution is 2.35. The molecule has 0 radical (unpaired) electrons. The Morgan fingerprint density at radius 1 is 1.07 bits per heavy atom. The first-order valence-corrected chi connectivity index (χ1v) is 10.4. The standard InChI is InChI=1S/C20H20N2O4S/c23-20(26-14-15-7-3-1-4-8-15)16-10-11-17-18(13-16)27(24,25)21-19-9-5-2-6-12-22(17)19/h1,3-4,7-8,10-11,13H,2,5-6,9,12,14H2. The minimum Gasteiger partial charge on any atom is -0.457 e. The SMILES string of the molecule is O=C(OCc1ccccc1)c1ccc2c(c1)S(=O)(=O)N=C1CCCCCN12. The van der Waals surface area contributed by atoms with E-state index in [-0.39, 0.29) is 17.1 Å². The van der Waals surface area contributed by atoms with Crippen molar-refractivity contribution in [3.8, 4) is 0 Å². The van der Waals surface area contributed by atoms with Crippen molar-refractivity contribution in [3.05, 3.63) is 59.7 Å². The van der Waals surface area contributed by atoms with E-state index >= 15 is 0 Å². The van der Waals surface area contributed by atoms with E-state index in [1.165, 1.54) is 6.07 Å². The van der Waals surface area contributed by atoms with Gasteiger partial charge in [0.15, 0.2) is 0 Å². The van der Waals surface area contributed by atoms with E-state index < -0.39 is 16.0 Å². The minimum absolute atomic E-state index is 0.0716. The van der Waals surface area contributed by atoms with Crippen LogP contribution >= 0.6 is 0 Å². The summed E-state index contributed by atoms with van der Waals surface area (Å²) in [5.74, 6) is 0.0434. The molecule has 0 atom stereocenters. The lowest BCUT2D eigenvalue weighted by atomic mass is 10.1. The Bertz CT molecular complexity index is 1000. The Morgan fingerprint density at radius 2 is 1.89 bits per heavy atom. The summed E-state index contributed by atoms with van der Waals surface area (Å²) in [6, 6.07) is 14.0. The fraction of sp³-hybridized carbons (Fsp3) is 0.300. The molecule has 0 saturated carbocycles. The van der Waals surface area contributed by atoms with E-state index in [1.54, 1.807) is 12.1 Å². The number of rotatable bonds is 3. The highest BCUT2D eigenvalue weighted by atomic mass is 32.2. The molecular weight excluding hydrogens is 364 g/mol. The van der Waals surface area contributed by atoms with Crippen molar-refractivity contribution < 1.29 is 17.9 Å². The number of carbonyl (C=O) groups excluding carboxylic acids is 1. The maximum absolute atomic E-state index is 12.6. The van der Waals surface area contributed by atoms with Gasteiger partial charge in [0.2, 0.25) is 0 Å². The summed E-state index contributed by atoms with van der Waals surface area (Å²) in [4.78, 5) is 14.4. The molecule has 0 N–H and O–H groups in total. The zero-order chi connectivity index (χ0) is 18.9. The van der Waals surface area contributed by atoms with Gasteiger partial charge in [0.1, 0.15) is 17.3 Å². The molecule has 2 aliphatic rings. The Hall–Kier alpha value is -2.67. The molecule has 0 spiro atoms. The number of hydrogen-bond donors (Lipinski definition) is 0. The first-order valence-electron chi connectivity index (χ1n) is 9.01. The van der Waals surface area contributed by atoms with Crippen LogP contribution in [0.5, 0.6) is 0 Å². The molecule has 7 heteroatoms. The predicted octanol–water partition coefficient (Wildman–Crippen LogP) is 3.52. The van der Waals surface area contributed by atoms with Crippen molar-refractivity contribution in [1.29, 1.82) is 0 Å². The topological polar surface area (TPSA) is 76.0 Å². The number of esters is 1. The predicted molar refractivity (Wildman–Crippen MR) is 102 cm³/mol. The van der Waals surface area contributed by atoms with Gasteiger partial charge in [0.25, 0.3) is 10.0 Å². The van der Waals surface area contributed by atoms with Crippen molar-refractivity contribution in [2.75, 3.05) is 11.4 Å². The third kappa shape index (κ3) is 3.60. The molecule has 6 nitrogen and oxygen atoms in total. The second kappa shape index (κ2) is 7.15. The van der Waals surface area contributed by atoms with Crippen LogP contribution in [-0.4, -0.2) is 26.8 Å². The molecule has 27 heavy (non-hydrogen) atoms. The summed E-state index contributed by atoms with van der Waals surface area (Å²) in [7, 11) is -3.81. The normalized spacial score (nSPS) is 17.9. The molecular formula is C20H20N2O4S. The highest BCUT2D eigenvalue weighted by Gasteiger charge is 2.32. The zero-order valence-electron chi connectivity index (χ0n) is 14.8. The van der Waals surface area contributed by atoms with Crippen LogP contribution in [0.2, 0.25) is 0 Å². The van der Waals surface area contributed by atoms with Gasteiger partial charge in [-0.1, -0.05) is 36.8 Å². The molecule has 2 aliphatic heterocycles. The average Bonchev–Trinajstić information content (AvgIpc) is 2.91. The van der Waals surface area contributed by atoms with Gasteiger partial charge in [-0.3, -0.25) is 0 Å². The number of hydrogen-bond acceptors (Lipinski definition) is 5. The third-order valence-corrected chi connectivity index (χ3v) is 6.13. The number of carbonyl (C=O) groups is 1. The van der Waals surface area contributed by atoms with Crippen LogP contribution in [0.25, 0.3) is 0 Å². The van der Waals surface area contributed by atoms with Crippen LogP contribution in [0.3, 0.4) is 0 Å². The summed E-state index contributed by atoms with van der Waals surface area (Å²) in [6.07, 6.45) is 3.62. The summed E-state index contributed by atoms with van der Waals surface area (Å²) in [5.41, 5.74) is 1.68. The van der Waals surface area contributed by atoms with Gasteiger partial charge in [-0.2, -0.15) is 8.42 Å². The van der Waals surface area contributed by atoms with Gasteiger partial charge in [-0.05, 0) is 36.6 Å². The van der Waals surface area contributed by atoms with Crippen molar-refractivity contribution in [2.24, 2.45) is 4.40 Å². The number of anilines is 1. The fourth-order valence-corrected chi connectivity index (χ4v) is 4.70. The average molecular weight is 384 g/mol. The summed E-state index contributed by atoms with van der Waals surface area (Å²) in [5, 5.41) is 0. The molecule has 1 fully saturated rings. The third-order valence-electron chi connectivity index (χ3n) is 4.80. The van der Waals surface area contributed by atoms with Crippen LogP contribution in [-0.2, 0) is 21.4 Å². The van der Waals surface area contributed by atoms with Crippen molar-refractivity contribution in [1.82, 2.24) is 0 Å². The number of nitrogens with zero attached hydrogens (tertiary/aromatic N) is 2. The van der Waals surface area contributed by atoms with E-state index in [2.05, 4.69) is 4.40 Å². The van der Waals surface area contributed by atoms with Gasteiger partial charge in [0.05, 0.1) is 11.3 Å². The summed E-state index contributed by atoms with van der Waals surface area (Å²) >= 11 is 0. The second-order valence-corrected chi connectivity index (χ2v) is 8.26. The maximum atomic E-state index is 12.6. The maximum Gasteiger partial charge on any atom is 0.338 e. The Kier molecular flexibility index (Phi) is 4.70. The molecule has 0 aromatic heterocycles. The molecule has 0 unspecified atom stereocenters. The van der Waals surface area contributed by atoms with E-state index in [9.17, 15) is 13.2 Å².